The molecule has 0 saturated carbocycles. The molecule has 0 bridgehead atoms. The Morgan fingerprint density at radius 3 is 2.83 bits per heavy atom. The Balaban J connectivity index is 2.04. The van der Waals surface area contributed by atoms with E-state index in [0.29, 0.717) is 17.0 Å². The molecule has 7 nitrogen and oxygen atoms in total. The van der Waals surface area contributed by atoms with Crippen molar-refractivity contribution >= 4 is 23.5 Å². The van der Waals surface area contributed by atoms with Crippen molar-refractivity contribution in [2.75, 3.05) is 5.75 Å². The Morgan fingerprint density at radius 1 is 1.48 bits per heavy atom. The topological polar surface area (TPSA) is 105 Å². The molecule has 8 heteroatoms. The third-order valence-corrected chi connectivity index (χ3v) is 4.10. The first-order valence-corrected chi connectivity index (χ1v) is 7.94. The standard InChI is InChI=1S/C15H17N3O4S/c1-8(11-5-4-6-22-11)16-12(20)7-23-14-13(10(3)19)9(2)17-15(21)18-14/h4-6,8H,7H2,1-3H3,(H,16,20)(H,17,18,21)/t8-/m0/s1. The van der Waals surface area contributed by atoms with Gasteiger partial charge in [0.05, 0.1) is 23.6 Å². The summed E-state index contributed by atoms with van der Waals surface area (Å²) in [5.74, 6) is 0.241. The Morgan fingerprint density at radius 2 is 2.22 bits per heavy atom. The third-order valence-electron chi connectivity index (χ3n) is 3.13. The fraction of sp³-hybridized carbons (Fsp3) is 0.333. The number of furan rings is 1. The minimum absolute atomic E-state index is 0.0429. The number of aromatic nitrogens is 2. The predicted octanol–water partition coefficient (Wildman–Crippen LogP) is 1.84. The van der Waals surface area contributed by atoms with E-state index in [9.17, 15) is 14.4 Å². The van der Waals surface area contributed by atoms with Gasteiger partial charge in [0.15, 0.2) is 5.78 Å². The molecule has 0 spiro atoms. The van der Waals surface area contributed by atoms with E-state index < -0.39 is 5.69 Å². The molecule has 0 unspecified atom stereocenters. The molecule has 1 amide bonds. The first-order valence-electron chi connectivity index (χ1n) is 6.96. The molecule has 2 N–H and O–H groups in total. The van der Waals surface area contributed by atoms with Gasteiger partial charge in [-0.2, -0.15) is 4.98 Å². The number of ketones is 1. The molecule has 0 aliphatic carbocycles. The van der Waals surface area contributed by atoms with E-state index in [0.717, 1.165) is 11.8 Å². The molecule has 23 heavy (non-hydrogen) atoms. The second-order valence-electron chi connectivity index (χ2n) is 5.00. The molecule has 0 aromatic carbocycles. The van der Waals surface area contributed by atoms with E-state index in [4.69, 9.17) is 4.42 Å². The van der Waals surface area contributed by atoms with Crippen molar-refractivity contribution in [3.63, 3.8) is 0 Å². The molecule has 2 rings (SSSR count). The van der Waals surface area contributed by atoms with Crippen molar-refractivity contribution < 1.29 is 14.0 Å². The zero-order valence-electron chi connectivity index (χ0n) is 13.0. The van der Waals surface area contributed by atoms with Gasteiger partial charge < -0.3 is 14.7 Å². The number of nitrogens with zero attached hydrogens (tertiary/aromatic N) is 1. The van der Waals surface area contributed by atoms with Crippen molar-refractivity contribution in [3.05, 3.63) is 45.9 Å². The van der Waals surface area contributed by atoms with Gasteiger partial charge in [0, 0.05) is 5.69 Å². The number of nitrogens with one attached hydrogen (secondary N) is 2. The number of rotatable bonds is 6. The molecule has 0 aliphatic heterocycles. The summed E-state index contributed by atoms with van der Waals surface area (Å²) < 4.78 is 5.22. The lowest BCUT2D eigenvalue weighted by Gasteiger charge is -2.12. The molecule has 2 aromatic rings. The fourth-order valence-electron chi connectivity index (χ4n) is 2.10. The summed E-state index contributed by atoms with van der Waals surface area (Å²) in [7, 11) is 0. The smallest absolute Gasteiger partial charge is 0.346 e. The van der Waals surface area contributed by atoms with Gasteiger partial charge in [-0.3, -0.25) is 9.59 Å². The van der Waals surface area contributed by atoms with Crippen LogP contribution < -0.4 is 11.0 Å². The maximum atomic E-state index is 12.0. The van der Waals surface area contributed by atoms with E-state index >= 15 is 0 Å². The van der Waals surface area contributed by atoms with Gasteiger partial charge in [-0.15, -0.1) is 0 Å². The molecule has 2 aromatic heterocycles. The second kappa shape index (κ2) is 7.28. The normalized spacial score (nSPS) is 12.0. The predicted molar refractivity (Wildman–Crippen MR) is 85.6 cm³/mol. The minimum atomic E-state index is -0.542. The molecular formula is C15H17N3O4S. The zero-order chi connectivity index (χ0) is 17.0. The van der Waals surface area contributed by atoms with Crippen molar-refractivity contribution in [1.29, 1.82) is 0 Å². The van der Waals surface area contributed by atoms with E-state index in [2.05, 4.69) is 15.3 Å². The largest absolute Gasteiger partial charge is 0.467 e. The zero-order valence-corrected chi connectivity index (χ0v) is 13.8. The molecular weight excluding hydrogens is 318 g/mol. The number of aromatic amines is 1. The van der Waals surface area contributed by atoms with Gasteiger partial charge in [-0.05, 0) is 32.9 Å². The van der Waals surface area contributed by atoms with Gasteiger partial charge >= 0.3 is 5.69 Å². The van der Waals surface area contributed by atoms with Crippen LogP contribution in [0, 0.1) is 6.92 Å². The number of amides is 1. The van der Waals surface area contributed by atoms with Crippen LogP contribution in [-0.4, -0.2) is 27.4 Å². The Labute approximate surface area is 136 Å². The molecule has 0 saturated heterocycles. The first-order chi connectivity index (χ1) is 10.9. The van der Waals surface area contributed by atoms with Crippen LogP contribution in [0.1, 0.15) is 41.7 Å². The lowest BCUT2D eigenvalue weighted by molar-refractivity contribution is -0.119. The third kappa shape index (κ3) is 4.32. The van der Waals surface area contributed by atoms with Gasteiger partial charge in [0.1, 0.15) is 10.8 Å². The van der Waals surface area contributed by atoms with Crippen LogP contribution in [0.2, 0.25) is 0 Å². The average molecular weight is 335 g/mol. The number of thioether (sulfide) groups is 1. The SMILES string of the molecule is CC(=O)c1c(SCC(=O)N[C@@H](C)c2ccco2)nc(=O)[nH]c1C. The summed E-state index contributed by atoms with van der Waals surface area (Å²) in [6.07, 6.45) is 1.54. The van der Waals surface area contributed by atoms with Gasteiger partial charge in [0.2, 0.25) is 5.91 Å². The lowest BCUT2D eigenvalue weighted by Crippen LogP contribution is -2.28. The summed E-state index contributed by atoms with van der Waals surface area (Å²) >= 11 is 1.06. The van der Waals surface area contributed by atoms with Crippen LogP contribution in [0.3, 0.4) is 0 Å². The highest BCUT2D eigenvalue weighted by Gasteiger charge is 2.17. The Hall–Kier alpha value is -2.35. The van der Waals surface area contributed by atoms with Gasteiger partial charge in [0.25, 0.3) is 0 Å². The first kappa shape index (κ1) is 17.0. The van der Waals surface area contributed by atoms with Gasteiger partial charge in [-0.25, -0.2) is 4.79 Å². The van der Waals surface area contributed by atoms with Crippen LogP contribution >= 0.6 is 11.8 Å². The van der Waals surface area contributed by atoms with Crippen molar-refractivity contribution in [1.82, 2.24) is 15.3 Å². The van der Waals surface area contributed by atoms with E-state index in [-0.39, 0.29) is 28.5 Å². The number of hydrogen-bond donors (Lipinski definition) is 2. The number of carbonyl (C=O) groups is 2. The van der Waals surface area contributed by atoms with E-state index in [1.807, 2.05) is 0 Å². The van der Waals surface area contributed by atoms with Crippen molar-refractivity contribution in [2.45, 2.75) is 31.8 Å². The van der Waals surface area contributed by atoms with Crippen molar-refractivity contribution in [3.8, 4) is 0 Å². The molecule has 2 heterocycles. The van der Waals surface area contributed by atoms with Crippen LogP contribution in [0.15, 0.2) is 32.6 Å². The maximum absolute atomic E-state index is 12.0. The van der Waals surface area contributed by atoms with Crippen molar-refractivity contribution in [2.24, 2.45) is 0 Å². The lowest BCUT2D eigenvalue weighted by atomic mass is 10.2. The number of hydrogen-bond acceptors (Lipinski definition) is 6. The molecule has 0 fully saturated rings. The summed E-state index contributed by atoms with van der Waals surface area (Å²) in [6.45, 7) is 4.83. The summed E-state index contributed by atoms with van der Waals surface area (Å²) in [6, 6.07) is 3.25. The van der Waals surface area contributed by atoms with Crippen LogP contribution in [0.4, 0.5) is 0 Å². The van der Waals surface area contributed by atoms with E-state index in [1.165, 1.54) is 13.2 Å². The number of carbonyl (C=O) groups excluding carboxylic acids is 2. The Kier molecular flexibility index (Phi) is 5.38. The molecule has 122 valence electrons. The fourth-order valence-corrected chi connectivity index (χ4v) is 3.04. The van der Waals surface area contributed by atoms with Crippen LogP contribution in [0.5, 0.6) is 0 Å². The summed E-state index contributed by atoms with van der Waals surface area (Å²) in [5.41, 5.74) is 0.241. The molecule has 1 atom stereocenters. The van der Waals surface area contributed by atoms with E-state index in [1.54, 1.807) is 26.0 Å². The van der Waals surface area contributed by atoms with Gasteiger partial charge in [-0.1, -0.05) is 11.8 Å². The monoisotopic (exact) mass is 335 g/mol. The number of H-pyrrole nitrogens is 1. The number of aryl methyl sites for hydroxylation is 1. The minimum Gasteiger partial charge on any atom is -0.467 e. The molecule has 0 radical (unpaired) electrons. The average Bonchev–Trinajstić information content (AvgIpc) is 2.98. The highest BCUT2D eigenvalue weighted by molar-refractivity contribution is 8.00. The van der Waals surface area contributed by atoms with Crippen LogP contribution in [0.25, 0.3) is 0 Å². The molecule has 0 aliphatic rings. The summed E-state index contributed by atoms with van der Waals surface area (Å²) in [4.78, 5) is 41.4. The number of Topliss-reactive ketones (excluding diaryl/α,β-unsaturated/α-hetero) is 1. The Bertz CT molecular complexity index is 768. The second-order valence-corrected chi connectivity index (χ2v) is 5.96. The summed E-state index contributed by atoms with van der Waals surface area (Å²) in [5, 5.41) is 3.04. The highest BCUT2D eigenvalue weighted by Crippen LogP contribution is 2.21. The maximum Gasteiger partial charge on any atom is 0.346 e. The highest BCUT2D eigenvalue weighted by atomic mass is 32.2. The van der Waals surface area contributed by atoms with Crippen LogP contribution in [-0.2, 0) is 4.79 Å². The quantitative estimate of drug-likeness (QED) is 0.474.